The van der Waals surface area contributed by atoms with Crippen molar-refractivity contribution in [1.82, 2.24) is 9.88 Å². The van der Waals surface area contributed by atoms with Gasteiger partial charge in [0.1, 0.15) is 5.82 Å². The number of anilines is 1. The molecule has 0 aliphatic carbocycles. The molecule has 1 amide bonds. The molecule has 1 aliphatic rings. The van der Waals surface area contributed by atoms with Crippen molar-refractivity contribution in [3.63, 3.8) is 0 Å². The molecule has 0 bridgehead atoms. The zero-order valence-corrected chi connectivity index (χ0v) is 13.2. The molecule has 1 saturated heterocycles. The number of amides is 1. The van der Waals surface area contributed by atoms with Gasteiger partial charge in [0.25, 0.3) is 0 Å². The van der Waals surface area contributed by atoms with Crippen LogP contribution in [0.1, 0.15) is 37.7 Å². The van der Waals surface area contributed by atoms with Crippen LogP contribution in [0.2, 0.25) is 0 Å². The van der Waals surface area contributed by atoms with Crippen LogP contribution in [-0.2, 0) is 4.79 Å². The number of aryl methyl sites for hydroxylation is 1. The third-order valence-corrected chi connectivity index (χ3v) is 3.72. The summed E-state index contributed by atoms with van der Waals surface area (Å²) in [5.41, 5.74) is 7.07. The molecule has 6 nitrogen and oxygen atoms in total. The zero-order chi connectivity index (χ0) is 15.8. The molecule has 1 aromatic heterocycles. The van der Waals surface area contributed by atoms with Gasteiger partial charge in [0.15, 0.2) is 5.96 Å². The number of aromatic nitrogens is 1. The van der Waals surface area contributed by atoms with E-state index in [0.717, 1.165) is 31.5 Å². The first kappa shape index (κ1) is 16.3. The van der Waals surface area contributed by atoms with E-state index >= 15 is 0 Å². The van der Waals surface area contributed by atoms with Gasteiger partial charge in [0, 0.05) is 25.7 Å². The van der Waals surface area contributed by atoms with Gasteiger partial charge in [0.2, 0.25) is 5.91 Å². The molecule has 0 unspecified atom stereocenters. The van der Waals surface area contributed by atoms with Crippen LogP contribution in [0, 0.1) is 6.92 Å². The van der Waals surface area contributed by atoms with Gasteiger partial charge < -0.3 is 16.0 Å². The van der Waals surface area contributed by atoms with E-state index in [2.05, 4.69) is 20.2 Å². The SMILES string of the molecule is Cc1ccc(NC(=O)CCN=C(N)N2CCCCCC2)nc1. The zero-order valence-electron chi connectivity index (χ0n) is 13.2. The highest BCUT2D eigenvalue weighted by molar-refractivity contribution is 5.90. The van der Waals surface area contributed by atoms with Crippen molar-refractivity contribution in [2.24, 2.45) is 10.7 Å². The molecule has 0 aromatic carbocycles. The Labute approximate surface area is 131 Å². The molecule has 1 aromatic rings. The third kappa shape index (κ3) is 5.35. The molecule has 22 heavy (non-hydrogen) atoms. The van der Waals surface area contributed by atoms with Crippen molar-refractivity contribution >= 4 is 17.7 Å². The number of nitrogens with two attached hydrogens (primary N) is 1. The first-order valence-corrected chi connectivity index (χ1v) is 7.92. The number of hydrogen-bond donors (Lipinski definition) is 2. The lowest BCUT2D eigenvalue weighted by Gasteiger charge is -2.20. The highest BCUT2D eigenvalue weighted by atomic mass is 16.1. The van der Waals surface area contributed by atoms with E-state index in [1.165, 1.54) is 12.8 Å². The number of pyridine rings is 1. The maximum Gasteiger partial charge on any atom is 0.227 e. The Morgan fingerprint density at radius 3 is 2.68 bits per heavy atom. The number of carbonyl (C=O) groups excluding carboxylic acids is 1. The molecular formula is C16H25N5O. The van der Waals surface area contributed by atoms with Crippen LogP contribution in [0.4, 0.5) is 5.82 Å². The van der Waals surface area contributed by atoms with Crippen LogP contribution in [0.5, 0.6) is 0 Å². The van der Waals surface area contributed by atoms with E-state index in [-0.39, 0.29) is 5.91 Å². The highest BCUT2D eigenvalue weighted by Gasteiger charge is 2.11. The van der Waals surface area contributed by atoms with Crippen LogP contribution in [0.15, 0.2) is 23.3 Å². The van der Waals surface area contributed by atoms with E-state index < -0.39 is 0 Å². The summed E-state index contributed by atoms with van der Waals surface area (Å²) in [5.74, 6) is 1.03. The fraction of sp³-hybridized carbons (Fsp3) is 0.562. The van der Waals surface area contributed by atoms with Crippen molar-refractivity contribution in [3.05, 3.63) is 23.9 Å². The Hall–Kier alpha value is -2.11. The number of guanidine groups is 1. The summed E-state index contributed by atoms with van der Waals surface area (Å²) in [4.78, 5) is 22.4. The number of hydrogen-bond acceptors (Lipinski definition) is 3. The van der Waals surface area contributed by atoms with Crippen molar-refractivity contribution in [3.8, 4) is 0 Å². The minimum Gasteiger partial charge on any atom is -0.370 e. The van der Waals surface area contributed by atoms with Gasteiger partial charge in [-0.25, -0.2) is 4.98 Å². The first-order chi connectivity index (χ1) is 10.6. The Bertz CT molecular complexity index is 504. The summed E-state index contributed by atoms with van der Waals surface area (Å²) in [6.07, 6.45) is 6.88. The van der Waals surface area contributed by atoms with Crippen LogP contribution >= 0.6 is 0 Å². The lowest BCUT2D eigenvalue weighted by molar-refractivity contribution is -0.116. The van der Waals surface area contributed by atoms with Crippen molar-refractivity contribution in [2.45, 2.75) is 39.0 Å². The Kier molecular flexibility index (Phi) is 6.18. The highest BCUT2D eigenvalue weighted by Crippen LogP contribution is 2.09. The smallest absolute Gasteiger partial charge is 0.227 e. The predicted molar refractivity (Wildman–Crippen MR) is 88.8 cm³/mol. The normalized spacial score (nSPS) is 16.2. The maximum atomic E-state index is 11.8. The van der Waals surface area contributed by atoms with Gasteiger partial charge in [-0.15, -0.1) is 0 Å². The summed E-state index contributed by atoms with van der Waals surface area (Å²) in [6.45, 7) is 4.29. The Morgan fingerprint density at radius 2 is 2.05 bits per heavy atom. The average molecular weight is 303 g/mol. The minimum atomic E-state index is -0.0937. The molecule has 1 aliphatic heterocycles. The second-order valence-corrected chi connectivity index (χ2v) is 5.66. The molecule has 120 valence electrons. The van der Waals surface area contributed by atoms with E-state index in [0.29, 0.717) is 24.7 Å². The number of likely N-dealkylation sites (tertiary alicyclic amines) is 1. The van der Waals surface area contributed by atoms with E-state index in [1.807, 2.05) is 13.0 Å². The molecule has 2 heterocycles. The van der Waals surface area contributed by atoms with Gasteiger partial charge in [-0.05, 0) is 31.4 Å². The standard InChI is InChI=1S/C16H25N5O/c1-13-6-7-14(19-12-13)20-15(22)8-9-18-16(17)21-10-4-2-3-5-11-21/h6-7,12H,2-5,8-11H2,1H3,(H2,17,18)(H,19,20,22). The molecule has 6 heteroatoms. The summed E-state index contributed by atoms with van der Waals surface area (Å²) in [6, 6.07) is 3.71. The Morgan fingerprint density at radius 1 is 1.32 bits per heavy atom. The molecule has 1 fully saturated rings. The number of nitrogens with zero attached hydrogens (tertiary/aromatic N) is 3. The molecule has 0 spiro atoms. The largest absolute Gasteiger partial charge is 0.370 e. The monoisotopic (exact) mass is 303 g/mol. The second-order valence-electron chi connectivity index (χ2n) is 5.66. The van der Waals surface area contributed by atoms with Crippen molar-refractivity contribution in [1.29, 1.82) is 0 Å². The van der Waals surface area contributed by atoms with Crippen molar-refractivity contribution < 1.29 is 4.79 Å². The summed E-state index contributed by atoms with van der Waals surface area (Å²) >= 11 is 0. The van der Waals surface area contributed by atoms with Crippen molar-refractivity contribution in [2.75, 3.05) is 25.0 Å². The second kappa shape index (κ2) is 8.36. The minimum absolute atomic E-state index is 0.0937. The molecule has 3 N–H and O–H groups in total. The van der Waals surface area contributed by atoms with Gasteiger partial charge in [-0.2, -0.15) is 0 Å². The molecule has 0 saturated carbocycles. The van der Waals surface area contributed by atoms with Crippen LogP contribution < -0.4 is 11.1 Å². The third-order valence-electron chi connectivity index (χ3n) is 3.72. The molecule has 0 radical (unpaired) electrons. The first-order valence-electron chi connectivity index (χ1n) is 7.92. The lowest BCUT2D eigenvalue weighted by Crippen LogP contribution is -2.38. The fourth-order valence-electron chi connectivity index (χ4n) is 2.42. The predicted octanol–water partition coefficient (Wildman–Crippen LogP) is 1.91. The van der Waals surface area contributed by atoms with E-state index in [9.17, 15) is 4.79 Å². The van der Waals surface area contributed by atoms with Crippen LogP contribution in [-0.4, -0.2) is 41.4 Å². The van der Waals surface area contributed by atoms with E-state index in [4.69, 9.17) is 5.73 Å². The van der Waals surface area contributed by atoms with E-state index in [1.54, 1.807) is 12.3 Å². The summed E-state index contributed by atoms with van der Waals surface area (Å²) in [7, 11) is 0. The number of aliphatic imine (C=N–C) groups is 1. The summed E-state index contributed by atoms with van der Waals surface area (Å²) in [5, 5.41) is 2.76. The topological polar surface area (TPSA) is 83.6 Å². The van der Waals surface area contributed by atoms with Gasteiger partial charge in [-0.1, -0.05) is 18.9 Å². The quantitative estimate of drug-likeness (QED) is 0.657. The number of nitrogens with one attached hydrogen (secondary N) is 1. The Balaban J connectivity index is 1.75. The maximum absolute atomic E-state index is 11.8. The van der Waals surface area contributed by atoms with Crippen LogP contribution in [0.25, 0.3) is 0 Å². The fourth-order valence-corrected chi connectivity index (χ4v) is 2.42. The molecule has 0 atom stereocenters. The van der Waals surface area contributed by atoms with Crippen LogP contribution in [0.3, 0.4) is 0 Å². The molecular weight excluding hydrogens is 278 g/mol. The summed E-state index contributed by atoms with van der Waals surface area (Å²) < 4.78 is 0. The molecule has 2 rings (SSSR count). The average Bonchev–Trinajstić information content (AvgIpc) is 2.79. The van der Waals surface area contributed by atoms with Gasteiger partial charge >= 0.3 is 0 Å². The number of rotatable bonds is 4. The van der Waals surface area contributed by atoms with Gasteiger partial charge in [0.05, 0.1) is 6.54 Å². The number of carbonyl (C=O) groups is 1. The van der Waals surface area contributed by atoms with Gasteiger partial charge in [-0.3, -0.25) is 9.79 Å². The lowest BCUT2D eigenvalue weighted by atomic mass is 10.2.